The van der Waals surface area contributed by atoms with Crippen LogP contribution in [-0.2, 0) is 4.79 Å². The summed E-state index contributed by atoms with van der Waals surface area (Å²) in [5.41, 5.74) is 0.372. The van der Waals surface area contributed by atoms with Gasteiger partial charge in [-0.15, -0.1) is 11.8 Å². The number of nitrogens with zero attached hydrogens (tertiary/aromatic N) is 3. The van der Waals surface area contributed by atoms with Crippen LogP contribution >= 0.6 is 11.8 Å². The molecule has 22 heavy (non-hydrogen) atoms. The number of aromatic nitrogens is 2. The van der Waals surface area contributed by atoms with Crippen molar-refractivity contribution < 1.29 is 9.59 Å². The molecule has 2 saturated heterocycles. The van der Waals surface area contributed by atoms with Crippen molar-refractivity contribution in [3.63, 3.8) is 0 Å². The Morgan fingerprint density at radius 3 is 2.77 bits per heavy atom. The number of hydrogen-bond donors (Lipinski definition) is 2. The molecule has 2 amide bonds. The van der Waals surface area contributed by atoms with Gasteiger partial charge in [0.1, 0.15) is 5.69 Å². The van der Waals surface area contributed by atoms with Crippen molar-refractivity contribution in [2.45, 2.75) is 24.9 Å². The molecule has 0 aliphatic carbocycles. The predicted molar refractivity (Wildman–Crippen MR) is 83.3 cm³/mol. The number of thioether (sulfide) groups is 1. The summed E-state index contributed by atoms with van der Waals surface area (Å²) in [5, 5.41) is 6.24. The van der Waals surface area contributed by atoms with Crippen LogP contribution in [0.15, 0.2) is 18.6 Å². The van der Waals surface area contributed by atoms with Gasteiger partial charge in [-0.1, -0.05) is 0 Å². The van der Waals surface area contributed by atoms with Crippen LogP contribution in [0.5, 0.6) is 0 Å². The van der Waals surface area contributed by atoms with E-state index in [9.17, 15) is 9.59 Å². The van der Waals surface area contributed by atoms with Crippen molar-refractivity contribution in [3.8, 4) is 0 Å². The molecular formula is C14H19N5O2S. The molecule has 2 N–H and O–H groups in total. The molecule has 0 bridgehead atoms. The molecule has 3 rings (SSSR count). The third kappa shape index (κ3) is 3.56. The molecular weight excluding hydrogens is 302 g/mol. The lowest BCUT2D eigenvalue weighted by Gasteiger charge is -2.32. The number of carbonyl (C=O) groups is 2. The van der Waals surface area contributed by atoms with Crippen LogP contribution in [0.4, 0.5) is 0 Å². The van der Waals surface area contributed by atoms with Crippen LogP contribution in [0.1, 0.15) is 23.3 Å². The summed E-state index contributed by atoms with van der Waals surface area (Å²) in [7, 11) is 0. The molecule has 2 fully saturated rings. The quantitative estimate of drug-likeness (QED) is 0.806. The van der Waals surface area contributed by atoms with E-state index in [4.69, 9.17) is 0 Å². The van der Waals surface area contributed by atoms with Gasteiger partial charge in [0.25, 0.3) is 5.91 Å². The van der Waals surface area contributed by atoms with Crippen LogP contribution < -0.4 is 10.6 Å². The molecule has 0 spiro atoms. The molecule has 2 aliphatic heterocycles. The molecule has 0 aromatic carbocycles. The highest BCUT2D eigenvalue weighted by atomic mass is 32.2. The molecule has 1 aromatic rings. The second kappa shape index (κ2) is 7.06. The van der Waals surface area contributed by atoms with Gasteiger partial charge in [0, 0.05) is 43.2 Å². The smallest absolute Gasteiger partial charge is 0.274 e. The summed E-state index contributed by atoms with van der Waals surface area (Å²) in [6, 6.07) is 0.0649. The van der Waals surface area contributed by atoms with Crippen LogP contribution in [-0.4, -0.2) is 63.5 Å². The molecule has 0 radical (unpaired) electrons. The van der Waals surface area contributed by atoms with Crippen LogP contribution in [0.25, 0.3) is 0 Å². The normalized spacial score (nSPS) is 22.5. The van der Waals surface area contributed by atoms with Gasteiger partial charge in [0.2, 0.25) is 5.91 Å². The van der Waals surface area contributed by atoms with Gasteiger partial charge < -0.3 is 10.2 Å². The zero-order valence-corrected chi connectivity index (χ0v) is 13.0. The van der Waals surface area contributed by atoms with E-state index in [2.05, 4.69) is 20.6 Å². The Hall–Kier alpha value is -1.67. The van der Waals surface area contributed by atoms with Gasteiger partial charge in [-0.2, -0.15) is 0 Å². The Morgan fingerprint density at radius 2 is 2.14 bits per heavy atom. The molecule has 1 aromatic heterocycles. The SMILES string of the molecule is O=C(NC1CCN(C(=O)c2cnccn2)CC1)C1CSCN1. The van der Waals surface area contributed by atoms with E-state index in [-0.39, 0.29) is 23.9 Å². The number of carbonyl (C=O) groups excluding carboxylic acids is 2. The Balaban J connectivity index is 1.48. The maximum absolute atomic E-state index is 12.3. The molecule has 118 valence electrons. The first-order valence-electron chi connectivity index (χ1n) is 7.41. The topological polar surface area (TPSA) is 87.2 Å². The minimum Gasteiger partial charge on any atom is -0.352 e. The first-order valence-corrected chi connectivity index (χ1v) is 8.56. The lowest BCUT2D eigenvalue weighted by molar-refractivity contribution is -0.123. The number of rotatable bonds is 3. The third-order valence-corrected chi connectivity index (χ3v) is 4.88. The first-order chi connectivity index (χ1) is 10.7. The Morgan fingerprint density at radius 1 is 1.32 bits per heavy atom. The fraction of sp³-hybridized carbons (Fsp3) is 0.571. The molecule has 2 aliphatic rings. The average Bonchev–Trinajstić information content (AvgIpc) is 3.10. The van der Waals surface area contributed by atoms with E-state index in [1.54, 1.807) is 22.9 Å². The summed E-state index contributed by atoms with van der Waals surface area (Å²) in [6.45, 7) is 1.26. The maximum Gasteiger partial charge on any atom is 0.274 e. The highest BCUT2D eigenvalue weighted by Gasteiger charge is 2.28. The molecule has 3 heterocycles. The zero-order chi connectivity index (χ0) is 15.4. The fourth-order valence-electron chi connectivity index (χ4n) is 2.66. The van der Waals surface area contributed by atoms with Gasteiger partial charge in [-0.3, -0.25) is 19.9 Å². The summed E-state index contributed by atoms with van der Waals surface area (Å²) < 4.78 is 0. The second-order valence-electron chi connectivity index (χ2n) is 5.44. The summed E-state index contributed by atoms with van der Waals surface area (Å²) in [6.07, 6.45) is 6.11. The fourth-order valence-corrected chi connectivity index (χ4v) is 3.61. The minimum absolute atomic E-state index is 0.0729. The van der Waals surface area contributed by atoms with E-state index in [0.29, 0.717) is 18.8 Å². The molecule has 1 atom stereocenters. The largest absolute Gasteiger partial charge is 0.352 e. The summed E-state index contributed by atoms with van der Waals surface area (Å²) in [4.78, 5) is 34.1. The van der Waals surface area contributed by atoms with Crippen molar-refractivity contribution in [1.82, 2.24) is 25.5 Å². The number of amides is 2. The van der Waals surface area contributed by atoms with Crippen molar-refractivity contribution in [1.29, 1.82) is 0 Å². The highest BCUT2D eigenvalue weighted by Crippen LogP contribution is 2.14. The van der Waals surface area contributed by atoms with E-state index >= 15 is 0 Å². The van der Waals surface area contributed by atoms with Crippen molar-refractivity contribution in [2.24, 2.45) is 0 Å². The second-order valence-corrected chi connectivity index (χ2v) is 6.47. The van der Waals surface area contributed by atoms with Gasteiger partial charge in [-0.05, 0) is 12.8 Å². The number of nitrogens with one attached hydrogen (secondary N) is 2. The first kappa shape index (κ1) is 15.2. The van der Waals surface area contributed by atoms with E-state index in [1.165, 1.54) is 12.4 Å². The number of piperidine rings is 1. The van der Waals surface area contributed by atoms with Gasteiger partial charge in [-0.25, -0.2) is 4.98 Å². The van der Waals surface area contributed by atoms with Gasteiger partial charge in [0.15, 0.2) is 0 Å². The third-order valence-electron chi connectivity index (χ3n) is 3.94. The average molecular weight is 321 g/mol. The maximum atomic E-state index is 12.3. The van der Waals surface area contributed by atoms with Crippen molar-refractivity contribution in [2.75, 3.05) is 24.7 Å². The Bertz CT molecular complexity index is 527. The Labute approximate surface area is 133 Å². The van der Waals surface area contributed by atoms with Gasteiger partial charge >= 0.3 is 0 Å². The summed E-state index contributed by atoms with van der Waals surface area (Å²) >= 11 is 1.74. The van der Waals surface area contributed by atoms with Crippen molar-refractivity contribution in [3.05, 3.63) is 24.3 Å². The standard InChI is InChI=1S/C14H19N5O2S/c20-13(12-8-22-9-17-12)18-10-1-5-19(6-2-10)14(21)11-7-15-3-4-16-11/h3-4,7,10,12,17H,1-2,5-6,8-9H2,(H,18,20). The number of likely N-dealkylation sites (tertiary alicyclic amines) is 1. The monoisotopic (exact) mass is 321 g/mol. The summed E-state index contributed by atoms with van der Waals surface area (Å²) in [5.74, 6) is 1.65. The van der Waals surface area contributed by atoms with E-state index in [1.807, 2.05) is 0 Å². The van der Waals surface area contributed by atoms with Gasteiger partial charge in [0.05, 0.1) is 12.2 Å². The molecule has 7 nitrogen and oxygen atoms in total. The lowest BCUT2D eigenvalue weighted by Crippen LogP contribution is -2.51. The van der Waals surface area contributed by atoms with Crippen LogP contribution in [0.3, 0.4) is 0 Å². The minimum atomic E-state index is -0.0910. The lowest BCUT2D eigenvalue weighted by atomic mass is 10.0. The van der Waals surface area contributed by atoms with E-state index < -0.39 is 0 Å². The zero-order valence-electron chi connectivity index (χ0n) is 12.2. The van der Waals surface area contributed by atoms with Crippen LogP contribution in [0, 0.1) is 0 Å². The molecule has 0 saturated carbocycles. The Kier molecular flexibility index (Phi) is 4.89. The van der Waals surface area contributed by atoms with Crippen molar-refractivity contribution >= 4 is 23.6 Å². The molecule has 1 unspecified atom stereocenters. The highest BCUT2D eigenvalue weighted by molar-refractivity contribution is 7.99. The molecule has 8 heteroatoms. The predicted octanol–water partition coefficient (Wildman–Crippen LogP) is -0.140. The van der Waals surface area contributed by atoms with E-state index in [0.717, 1.165) is 24.5 Å². The van der Waals surface area contributed by atoms with Crippen LogP contribution in [0.2, 0.25) is 0 Å². The number of hydrogen-bond acceptors (Lipinski definition) is 6.